The molecule has 1 aliphatic heterocycles. The van der Waals surface area contributed by atoms with Crippen LogP contribution in [-0.2, 0) is 9.53 Å². The third-order valence-corrected chi connectivity index (χ3v) is 4.21. The maximum atomic E-state index is 13.2. The van der Waals surface area contributed by atoms with Gasteiger partial charge in [-0.05, 0) is 31.5 Å². The highest BCUT2D eigenvalue weighted by Gasteiger charge is 2.28. The van der Waals surface area contributed by atoms with Gasteiger partial charge in [-0.1, -0.05) is 24.3 Å². The summed E-state index contributed by atoms with van der Waals surface area (Å²) >= 11 is 0. The number of aliphatic imine (C=N–C) groups is 1. The van der Waals surface area contributed by atoms with Crippen LogP contribution in [0.1, 0.15) is 25.5 Å². The topological polar surface area (TPSA) is 57.2 Å². The maximum absolute atomic E-state index is 13.2. The molecule has 0 saturated carbocycles. The third-order valence-electron chi connectivity index (χ3n) is 4.21. The lowest BCUT2D eigenvalue weighted by Gasteiger charge is -2.39. The fraction of sp³-hybridized carbons (Fsp3) is 0.500. The number of hydrogen-bond acceptors (Lipinski definition) is 3. The van der Waals surface area contributed by atoms with Gasteiger partial charge in [0.1, 0.15) is 18.5 Å². The number of hydrogen-bond donors (Lipinski definition) is 1. The highest BCUT2D eigenvalue weighted by Crippen LogP contribution is 2.25. The number of carbonyl (C=O) groups excluding carboxylic acids is 1. The molecular formula is C20H29FN4O2. The lowest BCUT2D eigenvalue weighted by molar-refractivity contribution is -0.127. The van der Waals surface area contributed by atoms with Crippen molar-refractivity contribution in [3.8, 4) is 0 Å². The SMILES string of the molecule is C=C(C)CNC(=NCC(=O)N(C)C)N1CC(C)OC(c2ccc(F)cc2)C1. The van der Waals surface area contributed by atoms with Crippen molar-refractivity contribution >= 4 is 11.9 Å². The van der Waals surface area contributed by atoms with Crippen LogP contribution < -0.4 is 5.32 Å². The van der Waals surface area contributed by atoms with Crippen LogP contribution in [0.25, 0.3) is 0 Å². The molecular weight excluding hydrogens is 347 g/mol. The van der Waals surface area contributed by atoms with Crippen LogP contribution in [0.5, 0.6) is 0 Å². The molecule has 7 heteroatoms. The van der Waals surface area contributed by atoms with E-state index in [0.717, 1.165) is 11.1 Å². The van der Waals surface area contributed by atoms with Crippen molar-refractivity contribution in [1.29, 1.82) is 0 Å². The van der Waals surface area contributed by atoms with Crippen LogP contribution in [0.4, 0.5) is 4.39 Å². The number of amides is 1. The number of carbonyl (C=O) groups is 1. The Balaban J connectivity index is 2.18. The summed E-state index contributed by atoms with van der Waals surface area (Å²) < 4.78 is 19.3. The van der Waals surface area contributed by atoms with Crippen molar-refractivity contribution in [3.63, 3.8) is 0 Å². The molecule has 1 aromatic rings. The standard InChI is InChI=1S/C20H29FN4O2/c1-14(2)10-22-20(23-11-19(26)24(4)5)25-12-15(3)27-18(13-25)16-6-8-17(21)9-7-16/h6-9,15,18H,1,10-13H2,2-5H3,(H,22,23). The molecule has 2 atom stereocenters. The van der Waals surface area contributed by atoms with E-state index in [-0.39, 0.29) is 30.5 Å². The summed E-state index contributed by atoms with van der Waals surface area (Å²) in [5.41, 5.74) is 1.88. The maximum Gasteiger partial charge on any atom is 0.243 e. The molecule has 1 aromatic carbocycles. The highest BCUT2D eigenvalue weighted by atomic mass is 19.1. The summed E-state index contributed by atoms with van der Waals surface area (Å²) in [6.45, 7) is 9.68. The molecule has 2 rings (SSSR count). The van der Waals surface area contributed by atoms with Crippen molar-refractivity contribution in [1.82, 2.24) is 15.1 Å². The van der Waals surface area contributed by atoms with Crippen LogP contribution in [-0.4, -0.2) is 68.0 Å². The van der Waals surface area contributed by atoms with Gasteiger partial charge in [-0.2, -0.15) is 0 Å². The largest absolute Gasteiger partial charge is 0.367 e. The van der Waals surface area contributed by atoms with E-state index in [1.54, 1.807) is 26.2 Å². The number of nitrogens with one attached hydrogen (secondary N) is 1. The molecule has 1 aliphatic rings. The Morgan fingerprint density at radius 2 is 2.04 bits per heavy atom. The molecule has 1 heterocycles. The van der Waals surface area contributed by atoms with E-state index < -0.39 is 0 Å². The highest BCUT2D eigenvalue weighted by molar-refractivity contribution is 5.85. The number of guanidine groups is 1. The fourth-order valence-electron chi connectivity index (χ4n) is 2.77. The molecule has 1 fully saturated rings. The molecule has 27 heavy (non-hydrogen) atoms. The second-order valence-corrected chi connectivity index (χ2v) is 7.13. The Morgan fingerprint density at radius 1 is 1.37 bits per heavy atom. The smallest absolute Gasteiger partial charge is 0.243 e. The van der Waals surface area contributed by atoms with Crippen LogP contribution in [0.3, 0.4) is 0 Å². The van der Waals surface area contributed by atoms with Crippen molar-refractivity contribution in [2.24, 2.45) is 4.99 Å². The Labute approximate surface area is 160 Å². The van der Waals surface area contributed by atoms with E-state index >= 15 is 0 Å². The summed E-state index contributed by atoms with van der Waals surface area (Å²) in [6, 6.07) is 6.35. The van der Waals surface area contributed by atoms with E-state index in [1.165, 1.54) is 17.0 Å². The molecule has 2 unspecified atom stereocenters. The van der Waals surface area contributed by atoms with Crippen molar-refractivity contribution in [2.75, 3.05) is 40.3 Å². The first-order valence-corrected chi connectivity index (χ1v) is 9.05. The van der Waals surface area contributed by atoms with Crippen molar-refractivity contribution < 1.29 is 13.9 Å². The predicted octanol–water partition coefficient (Wildman–Crippen LogP) is 2.20. The molecule has 6 nitrogen and oxygen atoms in total. The summed E-state index contributed by atoms with van der Waals surface area (Å²) in [6.07, 6.45) is -0.231. The lowest BCUT2D eigenvalue weighted by Crippen LogP contribution is -2.51. The van der Waals surface area contributed by atoms with Gasteiger partial charge in [0.15, 0.2) is 5.96 Å². The second kappa shape index (κ2) is 9.50. The Hall–Kier alpha value is -2.41. The van der Waals surface area contributed by atoms with Gasteiger partial charge in [0.25, 0.3) is 0 Å². The molecule has 0 spiro atoms. The predicted molar refractivity (Wildman–Crippen MR) is 105 cm³/mol. The molecule has 1 N–H and O–H groups in total. The van der Waals surface area contributed by atoms with E-state index in [1.807, 2.05) is 13.8 Å². The van der Waals surface area contributed by atoms with E-state index in [9.17, 15) is 9.18 Å². The summed E-state index contributed by atoms with van der Waals surface area (Å²) in [5, 5.41) is 3.27. The molecule has 0 bridgehead atoms. The van der Waals surface area contributed by atoms with Gasteiger partial charge in [-0.25, -0.2) is 9.38 Å². The lowest BCUT2D eigenvalue weighted by atomic mass is 10.1. The zero-order valence-electron chi connectivity index (χ0n) is 16.5. The first kappa shape index (κ1) is 20.9. The Morgan fingerprint density at radius 3 is 2.63 bits per heavy atom. The van der Waals surface area contributed by atoms with Crippen LogP contribution in [0.2, 0.25) is 0 Å². The van der Waals surface area contributed by atoms with Gasteiger partial charge in [-0.3, -0.25) is 4.79 Å². The van der Waals surface area contributed by atoms with Gasteiger partial charge in [-0.15, -0.1) is 0 Å². The van der Waals surface area contributed by atoms with Gasteiger partial charge in [0.2, 0.25) is 5.91 Å². The van der Waals surface area contributed by atoms with Crippen molar-refractivity contribution in [2.45, 2.75) is 26.1 Å². The molecule has 1 saturated heterocycles. The molecule has 148 valence electrons. The Kier molecular flexibility index (Phi) is 7.36. The minimum absolute atomic E-state index is 0.0322. The number of benzene rings is 1. The van der Waals surface area contributed by atoms with Gasteiger partial charge < -0.3 is 19.9 Å². The molecule has 0 radical (unpaired) electrons. The fourth-order valence-corrected chi connectivity index (χ4v) is 2.77. The number of nitrogens with zero attached hydrogens (tertiary/aromatic N) is 3. The number of ether oxygens (including phenoxy) is 1. The Bertz CT molecular complexity index is 688. The minimum atomic E-state index is -0.271. The molecule has 0 aliphatic carbocycles. The van der Waals surface area contributed by atoms with Crippen LogP contribution in [0.15, 0.2) is 41.4 Å². The summed E-state index contributed by atoms with van der Waals surface area (Å²) in [5.74, 6) is 0.309. The summed E-state index contributed by atoms with van der Waals surface area (Å²) in [4.78, 5) is 20.0. The van der Waals surface area contributed by atoms with Gasteiger partial charge in [0, 0.05) is 27.2 Å². The van der Waals surface area contributed by atoms with Gasteiger partial charge in [0.05, 0.1) is 12.6 Å². The van der Waals surface area contributed by atoms with Crippen molar-refractivity contribution in [3.05, 3.63) is 47.8 Å². The average Bonchev–Trinajstić information content (AvgIpc) is 2.61. The minimum Gasteiger partial charge on any atom is -0.367 e. The number of morpholine rings is 1. The van der Waals surface area contributed by atoms with Crippen LogP contribution in [0, 0.1) is 5.82 Å². The first-order chi connectivity index (χ1) is 12.8. The number of halogens is 1. The summed E-state index contributed by atoms with van der Waals surface area (Å²) in [7, 11) is 3.42. The second-order valence-electron chi connectivity index (χ2n) is 7.13. The first-order valence-electron chi connectivity index (χ1n) is 9.05. The van der Waals surface area contributed by atoms with Gasteiger partial charge >= 0.3 is 0 Å². The van der Waals surface area contributed by atoms with E-state index in [0.29, 0.717) is 25.6 Å². The van der Waals surface area contributed by atoms with Crippen LogP contribution >= 0.6 is 0 Å². The molecule has 0 aromatic heterocycles. The zero-order chi connectivity index (χ0) is 20.0. The van der Waals surface area contributed by atoms with E-state index in [2.05, 4.69) is 21.8 Å². The normalized spacial score (nSPS) is 20.3. The average molecular weight is 376 g/mol. The quantitative estimate of drug-likeness (QED) is 0.486. The third kappa shape index (κ3) is 6.36. The number of likely N-dealkylation sites (N-methyl/N-ethyl adjacent to an activating group) is 1. The zero-order valence-corrected chi connectivity index (χ0v) is 16.5. The monoisotopic (exact) mass is 376 g/mol. The van der Waals surface area contributed by atoms with E-state index in [4.69, 9.17) is 4.74 Å². The molecule has 1 amide bonds. The number of rotatable bonds is 5.